The van der Waals surface area contributed by atoms with Crippen LogP contribution >= 0.6 is 18.9 Å². The fraction of sp³-hybridized carbons (Fsp3) is 0.250. The van der Waals surface area contributed by atoms with Gasteiger partial charge in [-0.25, -0.2) is 4.98 Å². The Bertz CT molecular complexity index is 691. The number of halogens is 3. The average Bonchev–Trinajstić information content (AvgIpc) is 2.68. The van der Waals surface area contributed by atoms with Crippen molar-refractivity contribution in [3.63, 3.8) is 0 Å². The molecule has 0 atom stereocenters. The van der Waals surface area contributed by atoms with Gasteiger partial charge in [0.15, 0.2) is 0 Å². The molecule has 0 aliphatic heterocycles. The number of thiazole rings is 1. The van der Waals surface area contributed by atoms with Gasteiger partial charge in [-0.1, -0.05) is 12.1 Å². The quantitative estimate of drug-likeness (QED) is 0.836. The number of aryl methyl sites for hydroxylation is 1. The summed E-state index contributed by atoms with van der Waals surface area (Å²) in [6.07, 6.45) is -4.82. The summed E-state index contributed by atoms with van der Waals surface area (Å²) in [6.45, 7) is 1.61. The molecule has 1 aromatic carbocycles. The number of rotatable bonds is 3. The lowest BCUT2D eigenvalue weighted by molar-refractivity contribution is -0.137. The molecule has 0 saturated heterocycles. The van der Waals surface area contributed by atoms with E-state index in [1.807, 2.05) is 0 Å². The molecule has 1 aromatic heterocycles. The fourth-order valence-corrected chi connectivity index (χ4v) is 3.92. The van der Waals surface area contributed by atoms with Crippen LogP contribution in [0.4, 0.5) is 13.2 Å². The Morgan fingerprint density at radius 1 is 1.24 bits per heavy atom. The van der Waals surface area contributed by atoms with E-state index < -0.39 is 25.5 Å². The van der Waals surface area contributed by atoms with Crippen LogP contribution in [0.25, 0.3) is 10.6 Å². The summed E-state index contributed by atoms with van der Waals surface area (Å²) in [4.78, 5) is 22.5. The van der Waals surface area contributed by atoms with Crippen LogP contribution in [0.3, 0.4) is 0 Å². The van der Waals surface area contributed by atoms with Crippen molar-refractivity contribution in [2.24, 2.45) is 0 Å². The van der Waals surface area contributed by atoms with Crippen molar-refractivity contribution in [3.05, 3.63) is 40.4 Å². The van der Waals surface area contributed by atoms with E-state index in [1.165, 1.54) is 12.1 Å². The van der Waals surface area contributed by atoms with E-state index in [0.29, 0.717) is 21.1 Å². The normalized spacial score (nSPS) is 12.7. The molecule has 0 aliphatic carbocycles. The van der Waals surface area contributed by atoms with Gasteiger partial charge in [-0.15, -0.1) is 11.3 Å². The van der Waals surface area contributed by atoms with Crippen LogP contribution in [0.2, 0.25) is 0 Å². The summed E-state index contributed by atoms with van der Waals surface area (Å²) in [5.74, 6) is 0. The first-order valence-corrected chi connectivity index (χ1v) is 8.36. The summed E-state index contributed by atoms with van der Waals surface area (Å²) in [7, 11) is -4.20. The highest BCUT2D eigenvalue weighted by molar-refractivity contribution is 7.51. The standard InChI is InChI=1S/C12H11F3NO3PS/c1-7-10(6-20(17,18)19)21-11(16-7)8-2-4-9(5-3-8)12(13,14)15/h2-5H,6H2,1H3,(H2,17,18,19). The first-order chi connectivity index (χ1) is 9.56. The summed E-state index contributed by atoms with van der Waals surface area (Å²) in [5.41, 5.74) is 0.196. The molecule has 0 bridgehead atoms. The van der Waals surface area contributed by atoms with Crippen LogP contribution in [0.1, 0.15) is 16.1 Å². The third-order valence-corrected chi connectivity index (χ3v) is 4.85. The molecule has 0 fully saturated rings. The maximum atomic E-state index is 12.5. The van der Waals surface area contributed by atoms with Crippen LogP contribution < -0.4 is 0 Å². The van der Waals surface area contributed by atoms with Gasteiger partial charge >= 0.3 is 13.8 Å². The average molecular weight is 337 g/mol. The van der Waals surface area contributed by atoms with Gasteiger partial charge in [0, 0.05) is 10.4 Å². The minimum Gasteiger partial charge on any atom is -0.324 e. The Kier molecular flexibility index (Phi) is 4.26. The van der Waals surface area contributed by atoms with E-state index in [9.17, 15) is 17.7 Å². The second-order valence-corrected chi connectivity index (χ2v) is 7.15. The highest BCUT2D eigenvalue weighted by Gasteiger charge is 2.30. The molecule has 21 heavy (non-hydrogen) atoms. The van der Waals surface area contributed by atoms with E-state index in [4.69, 9.17) is 9.79 Å². The van der Waals surface area contributed by atoms with Crippen LogP contribution in [-0.2, 0) is 16.9 Å². The van der Waals surface area contributed by atoms with Crippen LogP contribution in [0.5, 0.6) is 0 Å². The van der Waals surface area contributed by atoms with Gasteiger partial charge in [-0.2, -0.15) is 13.2 Å². The van der Waals surface area contributed by atoms with Gasteiger partial charge in [-0.05, 0) is 19.1 Å². The summed E-state index contributed by atoms with van der Waals surface area (Å²) in [6, 6.07) is 4.49. The highest BCUT2D eigenvalue weighted by atomic mass is 32.1. The number of hydrogen-bond donors (Lipinski definition) is 2. The van der Waals surface area contributed by atoms with Gasteiger partial charge in [-0.3, -0.25) is 4.57 Å². The molecular formula is C12H11F3NO3PS. The first kappa shape index (κ1) is 16.2. The van der Waals surface area contributed by atoms with Gasteiger partial charge in [0.05, 0.1) is 17.4 Å². The third kappa shape index (κ3) is 4.14. The van der Waals surface area contributed by atoms with Crippen molar-refractivity contribution in [1.82, 2.24) is 4.98 Å². The van der Waals surface area contributed by atoms with Crippen molar-refractivity contribution >= 4 is 18.9 Å². The number of benzene rings is 1. The molecule has 2 aromatic rings. The van der Waals surface area contributed by atoms with E-state index in [2.05, 4.69) is 4.98 Å². The predicted octanol–water partition coefficient (Wildman–Crippen LogP) is 3.82. The van der Waals surface area contributed by atoms with E-state index in [0.717, 1.165) is 23.5 Å². The van der Waals surface area contributed by atoms with Gasteiger partial charge < -0.3 is 9.79 Å². The Morgan fingerprint density at radius 3 is 2.29 bits per heavy atom. The molecule has 0 saturated carbocycles. The molecule has 0 amide bonds. The molecule has 0 unspecified atom stereocenters. The molecule has 9 heteroatoms. The number of hydrogen-bond acceptors (Lipinski definition) is 3. The zero-order valence-corrected chi connectivity index (χ0v) is 12.5. The molecule has 2 N–H and O–H groups in total. The Hall–Kier alpha value is -1.21. The van der Waals surface area contributed by atoms with Crippen molar-refractivity contribution in [1.29, 1.82) is 0 Å². The molecule has 1 heterocycles. The Balaban J connectivity index is 2.31. The molecule has 2 rings (SSSR count). The minimum absolute atomic E-state index is 0.420. The zero-order valence-electron chi connectivity index (χ0n) is 10.8. The lowest BCUT2D eigenvalue weighted by Crippen LogP contribution is -2.03. The van der Waals surface area contributed by atoms with Crippen molar-refractivity contribution in [3.8, 4) is 10.6 Å². The smallest absolute Gasteiger partial charge is 0.324 e. The van der Waals surface area contributed by atoms with Crippen LogP contribution in [0, 0.1) is 6.92 Å². The van der Waals surface area contributed by atoms with Gasteiger partial charge in [0.1, 0.15) is 5.01 Å². The van der Waals surface area contributed by atoms with Crippen molar-refractivity contribution in [2.45, 2.75) is 19.3 Å². The molecule has 0 aliphatic rings. The maximum absolute atomic E-state index is 12.5. The molecule has 0 spiro atoms. The number of aromatic nitrogens is 1. The number of nitrogens with zero attached hydrogens (tertiary/aromatic N) is 1. The molecule has 114 valence electrons. The summed E-state index contributed by atoms with van der Waals surface area (Å²) >= 11 is 1.07. The predicted molar refractivity (Wildman–Crippen MR) is 73.0 cm³/mol. The maximum Gasteiger partial charge on any atom is 0.416 e. The van der Waals surface area contributed by atoms with E-state index in [1.54, 1.807) is 6.92 Å². The first-order valence-electron chi connectivity index (χ1n) is 5.75. The second-order valence-electron chi connectivity index (χ2n) is 4.43. The summed E-state index contributed by atoms with van der Waals surface area (Å²) < 4.78 is 48.4. The lowest BCUT2D eigenvalue weighted by atomic mass is 10.1. The van der Waals surface area contributed by atoms with Crippen molar-refractivity contribution < 1.29 is 27.5 Å². The van der Waals surface area contributed by atoms with Crippen LogP contribution in [-0.4, -0.2) is 14.8 Å². The van der Waals surface area contributed by atoms with Crippen molar-refractivity contribution in [2.75, 3.05) is 0 Å². The lowest BCUT2D eigenvalue weighted by Gasteiger charge is -2.06. The topological polar surface area (TPSA) is 70.4 Å². The van der Waals surface area contributed by atoms with E-state index >= 15 is 0 Å². The van der Waals surface area contributed by atoms with Gasteiger partial charge in [0.25, 0.3) is 0 Å². The third-order valence-electron chi connectivity index (χ3n) is 2.70. The minimum atomic E-state index is -4.40. The molecule has 4 nitrogen and oxygen atoms in total. The van der Waals surface area contributed by atoms with E-state index in [-0.39, 0.29) is 0 Å². The number of alkyl halides is 3. The molecule has 0 radical (unpaired) electrons. The highest BCUT2D eigenvalue weighted by Crippen LogP contribution is 2.43. The largest absolute Gasteiger partial charge is 0.416 e. The fourth-order valence-electron chi connectivity index (χ4n) is 1.69. The van der Waals surface area contributed by atoms with Crippen LogP contribution in [0.15, 0.2) is 24.3 Å². The van der Waals surface area contributed by atoms with Gasteiger partial charge in [0.2, 0.25) is 0 Å². The zero-order chi connectivity index (χ0) is 15.8. The Morgan fingerprint density at radius 2 is 1.81 bits per heavy atom. The SMILES string of the molecule is Cc1nc(-c2ccc(C(F)(F)F)cc2)sc1CP(=O)(O)O. The monoisotopic (exact) mass is 337 g/mol. The molecular weight excluding hydrogens is 326 g/mol. The summed E-state index contributed by atoms with van der Waals surface area (Å²) in [5, 5.41) is 0.435. The Labute approximate surface area is 122 Å². The second kappa shape index (κ2) is 5.53.